The Bertz CT molecular complexity index is 1310. The maximum Gasteiger partial charge on any atom is 0.343 e. The highest BCUT2D eigenvalue weighted by atomic mass is 16.6. The lowest BCUT2D eigenvalue weighted by molar-refractivity contribution is -0.118. The van der Waals surface area contributed by atoms with E-state index in [1.165, 1.54) is 33.3 Å². The molecule has 1 unspecified atom stereocenters. The number of Topliss-reactive ketones (excluding diaryl/α,β-unsaturated/α-hetero) is 1. The fraction of sp³-hybridized carbons (Fsp3) is 0.364. The van der Waals surface area contributed by atoms with Crippen LogP contribution in [0.15, 0.2) is 66.7 Å². The van der Waals surface area contributed by atoms with Crippen molar-refractivity contribution in [2.75, 3.05) is 13.7 Å². The van der Waals surface area contributed by atoms with Crippen molar-refractivity contribution in [3.8, 4) is 17.2 Å². The molecule has 0 saturated carbocycles. The monoisotopic (exact) mass is 560 g/mol. The van der Waals surface area contributed by atoms with Crippen LogP contribution in [0.25, 0.3) is 0 Å². The number of nitrogens with two attached hydrogens (primary N) is 1. The minimum absolute atomic E-state index is 0.188. The first-order valence-electron chi connectivity index (χ1n) is 14.1. The highest BCUT2D eigenvalue weighted by Crippen LogP contribution is 2.29. The summed E-state index contributed by atoms with van der Waals surface area (Å²) in [6.45, 7) is 4.58. The van der Waals surface area contributed by atoms with Gasteiger partial charge < -0.3 is 25.3 Å². The average Bonchev–Trinajstić information content (AvgIpc) is 2.99. The highest BCUT2D eigenvalue weighted by molar-refractivity contribution is 5.97. The second-order valence-electron chi connectivity index (χ2n) is 9.91. The van der Waals surface area contributed by atoms with Crippen LogP contribution >= 0.6 is 0 Å². The van der Waals surface area contributed by atoms with Crippen molar-refractivity contribution >= 4 is 17.7 Å². The summed E-state index contributed by atoms with van der Waals surface area (Å²) in [6.07, 6.45) is 6.05. The largest absolute Gasteiger partial charge is 0.494 e. The van der Waals surface area contributed by atoms with Gasteiger partial charge in [-0.1, -0.05) is 50.8 Å². The Morgan fingerprint density at radius 3 is 2.29 bits per heavy atom. The molecule has 1 amide bonds. The zero-order chi connectivity index (χ0) is 29.6. The van der Waals surface area contributed by atoms with Gasteiger partial charge >= 0.3 is 5.97 Å². The molecule has 0 aliphatic carbocycles. The first kappa shape index (κ1) is 31.4. The average molecular weight is 561 g/mol. The third-order valence-corrected chi connectivity index (χ3v) is 6.70. The molecule has 1 atom stereocenters. The third kappa shape index (κ3) is 9.76. The van der Waals surface area contributed by atoms with E-state index in [1.807, 2.05) is 6.07 Å². The van der Waals surface area contributed by atoms with Crippen LogP contribution in [0.1, 0.15) is 77.8 Å². The number of carbonyl (C=O) groups excluding carboxylic acids is 3. The summed E-state index contributed by atoms with van der Waals surface area (Å²) in [4.78, 5) is 37.9. The Hall–Kier alpha value is -4.17. The van der Waals surface area contributed by atoms with Crippen LogP contribution in [0.2, 0.25) is 0 Å². The number of ketones is 1. The summed E-state index contributed by atoms with van der Waals surface area (Å²) in [7, 11) is 1.47. The minimum atomic E-state index is -0.751. The Morgan fingerprint density at radius 2 is 1.61 bits per heavy atom. The van der Waals surface area contributed by atoms with E-state index in [2.05, 4.69) is 12.2 Å². The summed E-state index contributed by atoms with van der Waals surface area (Å²) in [5.41, 5.74) is 8.04. The predicted molar refractivity (Wildman–Crippen MR) is 159 cm³/mol. The van der Waals surface area contributed by atoms with Gasteiger partial charge in [-0.2, -0.15) is 0 Å². The summed E-state index contributed by atoms with van der Waals surface area (Å²) < 4.78 is 16.8. The quantitative estimate of drug-likeness (QED) is 0.132. The molecular weight excluding hydrogens is 520 g/mol. The van der Waals surface area contributed by atoms with Crippen molar-refractivity contribution in [1.29, 1.82) is 0 Å². The second kappa shape index (κ2) is 16.2. The van der Waals surface area contributed by atoms with Crippen LogP contribution in [-0.4, -0.2) is 37.4 Å². The molecule has 0 heterocycles. The molecule has 0 radical (unpaired) electrons. The minimum Gasteiger partial charge on any atom is -0.494 e. The Morgan fingerprint density at radius 1 is 0.854 bits per heavy atom. The fourth-order valence-corrected chi connectivity index (χ4v) is 4.28. The third-order valence-electron chi connectivity index (χ3n) is 6.70. The molecular formula is C33H40N2O6. The zero-order valence-electron chi connectivity index (χ0n) is 24.1. The number of methoxy groups -OCH3 is 1. The van der Waals surface area contributed by atoms with Crippen LogP contribution in [-0.2, 0) is 17.8 Å². The van der Waals surface area contributed by atoms with E-state index in [0.29, 0.717) is 35.8 Å². The van der Waals surface area contributed by atoms with Crippen molar-refractivity contribution in [1.82, 2.24) is 5.32 Å². The number of amides is 1. The molecule has 0 aliphatic heterocycles. The molecule has 3 N–H and O–H groups in total. The first-order valence-corrected chi connectivity index (χ1v) is 14.1. The lowest BCUT2D eigenvalue weighted by Crippen LogP contribution is -2.41. The summed E-state index contributed by atoms with van der Waals surface area (Å²) >= 11 is 0. The number of rotatable bonds is 16. The van der Waals surface area contributed by atoms with E-state index >= 15 is 0 Å². The van der Waals surface area contributed by atoms with Gasteiger partial charge in [0, 0.05) is 12.1 Å². The normalized spacial score (nSPS) is 11.4. The molecule has 8 heteroatoms. The molecule has 3 aromatic carbocycles. The van der Waals surface area contributed by atoms with Gasteiger partial charge in [-0.05, 0) is 79.4 Å². The molecule has 0 spiro atoms. The molecule has 0 aliphatic rings. The number of unbranched alkanes of at least 4 members (excludes halogenated alkanes) is 4. The molecule has 0 fully saturated rings. The Labute approximate surface area is 242 Å². The number of benzene rings is 3. The topological polar surface area (TPSA) is 117 Å². The van der Waals surface area contributed by atoms with Crippen LogP contribution < -0.4 is 25.3 Å². The number of hydrogen-bond donors (Lipinski definition) is 2. The van der Waals surface area contributed by atoms with Gasteiger partial charge in [0.25, 0.3) is 5.91 Å². The van der Waals surface area contributed by atoms with Crippen LogP contribution in [0, 0.1) is 0 Å². The molecule has 0 bridgehead atoms. The summed E-state index contributed by atoms with van der Waals surface area (Å²) in [5.74, 6) is 0.209. The maximum absolute atomic E-state index is 12.8. The SMILES string of the molecule is CCCCCCCOc1ccc(C(=O)Oc2ccc(CC(NC(=O)c3cccc(CN)c3)C(C)=O)cc2OC)cc1. The van der Waals surface area contributed by atoms with E-state index in [1.54, 1.807) is 60.7 Å². The molecule has 0 saturated heterocycles. The highest BCUT2D eigenvalue weighted by Gasteiger charge is 2.20. The number of ether oxygens (including phenoxy) is 3. The number of esters is 1. The Kier molecular flexibility index (Phi) is 12.4. The summed E-state index contributed by atoms with van der Waals surface area (Å²) in [5, 5.41) is 2.80. The summed E-state index contributed by atoms with van der Waals surface area (Å²) in [6, 6.07) is 18.1. The van der Waals surface area contributed by atoms with E-state index < -0.39 is 12.0 Å². The van der Waals surface area contributed by atoms with Gasteiger partial charge in [0.1, 0.15) is 5.75 Å². The number of nitrogens with one attached hydrogen (secondary N) is 1. The van der Waals surface area contributed by atoms with Crippen molar-refractivity contribution in [3.63, 3.8) is 0 Å². The van der Waals surface area contributed by atoms with Gasteiger partial charge in [0.15, 0.2) is 17.3 Å². The number of carbonyl (C=O) groups is 3. The zero-order valence-corrected chi connectivity index (χ0v) is 24.1. The Balaban J connectivity index is 1.60. The van der Waals surface area contributed by atoms with E-state index in [9.17, 15) is 14.4 Å². The van der Waals surface area contributed by atoms with Crippen LogP contribution in [0.4, 0.5) is 0 Å². The van der Waals surface area contributed by atoms with Gasteiger partial charge in [-0.3, -0.25) is 9.59 Å². The molecule has 3 aromatic rings. The van der Waals surface area contributed by atoms with Crippen LogP contribution in [0.5, 0.6) is 17.2 Å². The van der Waals surface area contributed by atoms with Gasteiger partial charge in [-0.15, -0.1) is 0 Å². The molecule has 3 rings (SSSR count). The predicted octanol–water partition coefficient (Wildman–Crippen LogP) is 5.65. The van der Waals surface area contributed by atoms with Crippen molar-refractivity contribution < 1.29 is 28.6 Å². The van der Waals surface area contributed by atoms with Gasteiger partial charge in [0.05, 0.1) is 25.3 Å². The van der Waals surface area contributed by atoms with Gasteiger partial charge in [-0.25, -0.2) is 4.79 Å². The van der Waals surface area contributed by atoms with E-state index in [-0.39, 0.29) is 23.9 Å². The van der Waals surface area contributed by atoms with Crippen molar-refractivity contribution in [3.05, 3.63) is 89.0 Å². The van der Waals surface area contributed by atoms with E-state index in [4.69, 9.17) is 19.9 Å². The second-order valence-corrected chi connectivity index (χ2v) is 9.91. The van der Waals surface area contributed by atoms with Crippen LogP contribution in [0.3, 0.4) is 0 Å². The van der Waals surface area contributed by atoms with Crippen molar-refractivity contribution in [2.45, 2.75) is 65.0 Å². The lowest BCUT2D eigenvalue weighted by atomic mass is 10.0. The molecule has 0 aromatic heterocycles. The standard InChI is InChI=1S/C33H40N2O6/c1-4-5-6-7-8-18-40-28-15-13-26(14-16-28)33(38)41-30-17-12-24(21-31(30)39-3)20-29(23(2)36)35-32(37)27-11-9-10-25(19-27)22-34/h9-17,19,21,29H,4-8,18,20,22,34H2,1-3H3,(H,35,37). The first-order chi connectivity index (χ1) is 19.8. The molecule has 8 nitrogen and oxygen atoms in total. The van der Waals surface area contributed by atoms with Gasteiger partial charge in [0.2, 0.25) is 0 Å². The fourth-order valence-electron chi connectivity index (χ4n) is 4.28. The number of hydrogen-bond acceptors (Lipinski definition) is 7. The molecule has 41 heavy (non-hydrogen) atoms. The maximum atomic E-state index is 12.8. The van der Waals surface area contributed by atoms with E-state index in [0.717, 1.165) is 24.0 Å². The lowest BCUT2D eigenvalue weighted by Gasteiger charge is -2.17. The smallest absolute Gasteiger partial charge is 0.343 e. The van der Waals surface area contributed by atoms with Crippen molar-refractivity contribution in [2.24, 2.45) is 5.73 Å². The molecule has 218 valence electrons.